The standard InChI is InChI=1S/C16H19FN2.C2HF3O2/c17-16(15-8-4-7-14(15)11-18)12-19-10-9-13-5-2-1-3-6-13;3-2(4,5)1(6)7/h1-3,5-6,14,19H,4,7-10,12H2;(H,6,7)/b16-15+;. The molecule has 26 heavy (non-hydrogen) atoms. The van der Waals surface area contributed by atoms with Gasteiger partial charge in [-0.05, 0) is 30.4 Å². The summed E-state index contributed by atoms with van der Waals surface area (Å²) < 4.78 is 45.5. The highest BCUT2D eigenvalue weighted by molar-refractivity contribution is 5.70. The Bertz CT molecular complexity index is 651. The molecule has 2 N–H and O–H groups in total. The lowest BCUT2D eigenvalue weighted by atomic mass is 10.0. The number of rotatable bonds is 5. The third-order valence-electron chi connectivity index (χ3n) is 3.90. The van der Waals surface area contributed by atoms with E-state index in [1.54, 1.807) is 0 Å². The fourth-order valence-electron chi connectivity index (χ4n) is 2.59. The van der Waals surface area contributed by atoms with Gasteiger partial charge in [0.2, 0.25) is 0 Å². The molecule has 0 aliphatic heterocycles. The summed E-state index contributed by atoms with van der Waals surface area (Å²) in [7, 11) is 0. The van der Waals surface area contributed by atoms with E-state index in [2.05, 4.69) is 18.2 Å². The van der Waals surface area contributed by atoms with Crippen molar-refractivity contribution in [3.8, 4) is 6.07 Å². The van der Waals surface area contributed by atoms with Crippen LogP contribution in [0.25, 0.3) is 0 Å². The molecule has 0 spiro atoms. The van der Waals surface area contributed by atoms with E-state index in [-0.39, 0.29) is 11.7 Å². The van der Waals surface area contributed by atoms with Crippen LogP contribution in [-0.4, -0.2) is 25.2 Å². The molecule has 142 valence electrons. The van der Waals surface area contributed by atoms with Crippen LogP contribution >= 0.6 is 0 Å². The number of quaternary nitrogens is 1. The molecule has 1 aromatic rings. The number of nitrogens with two attached hydrogens (primary N) is 1. The van der Waals surface area contributed by atoms with Gasteiger partial charge in [0.15, 0.2) is 5.83 Å². The van der Waals surface area contributed by atoms with E-state index >= 15 is 0 Å². The Hall–Kier alpha value is -2.40. The van der Waals surface area contributed by atoms with Gasteiger partial charge in [0, 0.05) is 6.42 Å². The third-order valence-corrected chi connectivity index (χ3v) is 3.90. The topological polar surface area (TPSA) is 80.5 Å². The van der Waals surface area contributed by atoms with E-state index < -0.39 is 12.1 Å². The van der Waals surface area contributed by atoms with E-state index in [9.17, 15) is 17.6 Å². The zero-order valence-corrected chi connectivity index (χ0v) is 14.1. The predicted octanol–water partition coefficient (Wildman–Crippen LogP) is 1.64. The van der Waals surface area contributed by atoms with Crippen LogP contribution in [0.1, 0.15) is 24.8 Å². The highest BCUT2D eigenvalue weighted by atomic mass is 19.4. The molecule has 0 heterocycles. The second kappa shape index (κ2) is 10.6. The zero-order valence-electron chi connectivity index (χ0n) is 14.1. The molecule has 1 atom stereocenters. The van der Waals surface area contributed by atoms with Gasteiger partial charge in [-0.3, -0.25) is 0 Å². The molecule has 1 aliphatic rings. The SMILES string of the molecule is N#CC1CCC/C1=C(\F)C[NH2+]CCc1ccccc1.O=C([O-])C(F)(F)F. The van der Waals surface area contributed by atoms with Crippen molar-refractivity contribution >= 4 is 5.97 Å². The lowest BCUT2D eigenvalue weighted by Crippen LogP contribution is -2.85. The summed E-state index contributed by atoms with van der Waals surface area (Å²) in [5.41, 5.74) is 2.03. The minimum absolute atomic E-state index is 0.0721. The summed E-state index contributed by atoms with van der Waals surface area (Å²) in [5, 5.41) is 19.7. The predicted molar refractivity (Wildman–Crippen MR) is 84.0 cm³/mol. The molecule has 8 heteroatoms. The molecule has 0 radical (unpaired) electrons. The van der Waals surface area contributed by atoms with Crippen molar-refractivity contribution in [3.63, 3.8) is 0 Å². The molecule has 1 aliphatic carbocycles. The molecule has 0 saturated heterocycles. The highest BCUT2D eigenvalue weighted by Crippen LogP contribution is 2.32. The highest BCUT2D eigenvalue weighted by Gasteiger charge is 2.28. The minimum Gasteiger partial charge on any atom is -0.542 e. The number of hydrogen-bond donors (Lipinski definition) is 1. The lowest BCUT2D eigenvalue weighted by Gasteiger charge is -2.05. The second-order valence-electron chi connectivity index (χ2n) is 5.81. The quantitative estimate of drug-likeness (QED) is 0.630. The van der Waals surface area contributed by atoms with Crippen molar-refractivity contribution in [1.29, 1.82) is 5.26 Å². The molecular weight excluding hydrogens is 352 g/mol. The minimum atomic E-state index is -5.19. The smallest absolute Gasteiger partial charge is 0.430 e. The van der Waals surface area contributed by atoms with Crippen LogP contribution in [0.15, 0.2) is 41.7 Å². The Kier molecular flexibility index (Phi) is 8.79. The van der Waals surface area contributed by atoms with Crippen LogP contribution in [0, 0.1) is 17.2 Å². The maximum atomic E-state index is 14.0. The van der Waals surface area contributed by atoms with Crippen LogP contribution in [0.2, 0.25) is 0 Å². The summed E-state index contributed by atoms with van der Waals surface area (Å²) in [6, 6.07) is 12.4. The molecule has 1 fully saturated rings. The van der Waals surface area contributed by atoms with E-state index in [0.29, 0.717) is 6.54 Å². The number of benzene rings is 1. The Morgan fingerprint density at radius 1 is 1.31 bits per heavy atom. The average molecular weight is 372 g/mol. The fraction of sp³-hybridized carbons (Fsp3) is 0.444. The number of hydrogen-bond acceptors (Lipinski definition) is 3. The Morgan fingerprint density at radius 3 is 2.46 bits per heavy atom. The molecule has 0 aromatic heterocycles. The van der Waals surface area contributed by atoms with E-state index in [0.717, 1.165) is 37.8 Å². The van der Waals surface area contributed by atoms with Gasteiger partial charge in [0.05, 0.1) is 18.5 Å². The van der Waals surface area contributed by atoms with Crippen LogP contribution in [0.4, 0.5) is 17.6 Å². The molecule has 0 bridgehead atoms. The molecule has 4 nitrogen and oxygen atoms in total. The monoisotopic (exact) mass is 372 g/mol. The molecule has 0 amide bonds. The normalized spacial score (nSPS) is 18.5. The number of carboxylic acid groups (broad SMARTS) is 1. The van der Waals surface area contributed by atoms with E-state index in [1.165, 1.54) is 5.56 Å². The van der Waals surface area contributed by atoms with Crippen molar-refractivity contribution in [3.05, 3.63) is 47.3 Å². The van der Waals surface area contributed by atoms with Crippen molar-refractivity contribution in [2.24, 2.45) is 5.92 Å². The average Bonchev–Trinajstić information content (AvgIpc) is 3.08. The van der Waals surface area contributed by atoms with Gasteiger partial charge in [0.1, 0.15) is 12.5 Å². The largest absolute Gasteiger partial charge is 0.542 e. The summed E-state index contributed by atoms with van der Waals surface area (Å²) in [6.07, 6.45) is -1.71. The second-order valence-corrected chi connectivity index (χ2v) is 5.81. The molecule has 1 unspecified atom stereocenters. The Balaban J connectivity index is 0.000000412. The number of nitrogens with zero attached hydrogens (tertiary/aromatic N) is 1. The number of alkyl halides is 3. The third kappa shape index (κ3) is 7.66. The Labute approximate surface area is 149 Å². The summed E-state index contributed by atoms with van der Waals surface area (Å²) >= 11 is 0. The van der Waals surface area contributed by atoms with Crippen LogP contribution in [0.5, 0.6) is 0 Å². The van der Waals surface area contributed by atoms with Gasteiger partial charge in [0.25, 0.3) is 0 Å². The summed E-state index contributed by atoms with van der Waals surface area (Å²) in [5.74, 6) is -3.26. The van der Waals surface area contributed by atoms with E-state index in [1.807, 2.05) is 23.5 Å². The first-order valence-electron chi connectivity index (χ1n) is 8.16. The first-order valence-corrected chi connectivity index (χ1v) is 8.16. The number of nitriles is 1. The van der Waals surface area contributed by atoms with Gasteiger partial charge in [-0.15, -0.1) is 0 Å². The van der Waals surface area contributed by atoms with Gasteiger partial charge in [-0.1, -0.05) is 30.3 Å². The van der Waals surface area contributed by atoms with Crippen molar-refractivity contribution in [1.82, 2.24) is 0 Å². The van der Waals surface area contributed by atoms with Crippen molar-refractivity contribution < 1.29 is 32.8 Å². The molecular formula is C18H20F4N2O2. The van der Waals surface area contributed by atoms with Crippen molar-refractivity contribution in [2.45, 2.75) is 31.9 Å². The number of carboxylic acids is 1. The van der Waals surface area contributed by atoms with Crippen molar-refractivity contribution in [2.75, 3.05) is 13.1 Å². The van der Waals surface area contributed by atoms with Gasteiger partial charge < -0.3 is 15.2 Å². The number of carbonyl (C=O) groups excluding carboxylic acids is 1. The maximum absolute atomic E-state index is 14.0. The van der Waals surface area contributed by atoms with Gasteiger partial charge in [-0.25, -0.2) is 4.39 Å². The molecule has 1 saturated carbocycles. The lowest BCUT2D eigenvalue weighted by molar-refractivity contribution is -0.648. The van der Waals surface area contributed by atoms with Crippen LogP contribution < -0.4 is 10.4 Å². The fourth-order valence-corrected chi connectivity index (χ4v) is 2.59. The molecule has 2 rings (SSSR count). The summed E-state index contributed by atoms with van der Waals surface area (Å²) in [4.78, 5) is 8.78. The van der Waals surface area contributed by atoms with E-state index in [4.69, 9.17) is 15.2 Å². The number of aliphatic carboxylic acids is 1. The van der Waals surface area contributed by atoms with Gasteiger partial charge in [-0.2, -0.15) is 18.4 Å². The zero-order chi connectivity index (χ0) is 19.6. The first-order chi connectivity index (χ1) is 12.3. The number of halogens is 4. The number of carbonyl (C=O) groups is 1. The van der Waals surface area contributed by atoms with Crippen LogP contribution in [0.3, 0.4) is 0 Å². The van der Waals surface area contributed by atoms with Crippen LogP contribution in [-0.2, 0) is 11.2 Å². The maximum Gasteiger partial charge on any atom is 0.430 e. The van der Waals surface area contributed by atoms with Gasteiger partial charge >= 0.3 is 6.18 Å². The number of allylic oxidation sites excluding steroid dienone is 1. The molecule has 1 aromatic carbocycles. The Morgan fingerprint density at radius 2 is 1.92 bits per heavy atom. The first kappa shape index (κ1) is 21.6. The summed E-state index contributed by atoms with van der Waals surface area (Å²) in [6.45, 7) is 1.25.